The van der Waals surface area contributed by atoms with Crippen LogP contribution in [0.15, 0.2) is 71.8 Å². The quantitative estimate of drug-likeness (QED) is 0.148. The highest BCUT2D eigenvalue weighted by molar-refractivity contribution is 6.08. The van der Waals surface area contributed by atoms with Gasteiger partial charge in [0, 0.05) is 13.2 Å². The number of allylic oxidation sites excluding steroid dienone is 4. The first kappa shape index (κ1) is 25.9. The fourth-order valence-electron chi connectivity index (χ4n) is 2.98. The Kier molecular flexibility index (Phi) is 11.0. The third-order valence-corrected chi connectivity index (χ3v) is 4.87. The fraction of sp³-hybridized carbons (Fsp3) is 0.321. The van der Waals surface area contributed by atoms with Gasteiger partial charge in [-0.25, -0.2) is 0 Å². The number of carbonyl (C=O) groups excluding carboxylic acids is 1. The Morgan fingerprint density at radius 2 is 1.64 bits per heavy atom. The smallest absolute Gasteiger partial charge is 0.189 e. The predicted molar refractivity (Wildman–Crippen MR) is 133 cm³/mol. The fourth-order valence-corrected chi connectivity index (χ4v) is 2.98. The van der Waals surface area contributed by atoms with Crippen molar-refractivity contribution in [3.63, 3.8) is 0 Å². The number of hydrogen-bond acceptors (Lipinski definition) is 5. The van der Waals surface area contributed by atoms with Gasteiger partial charge in [0.05, 0.1) is 12.7 Å². The number of ether oxygens (including phenoxy) is 4. The van der Waals surface area contributed by atoms with Gasteiger partial charge in [-0.2, -0.15) is 0 Å². The van der Waals surface area contributed by atoms with Crippen LogP contribution >= 0.6 is 0 Å². The van der Waals surface area contributed by atoms with Gasteiger partial charge in [-0.3, -0.25) is 4.79 Å². The zero-order chi connectivity index (χ0) is 24.1. The van der Waals surface area contributed by atoms with Crippen molar-refractivity contribution in [3.8, 4) is 17.2 Å². The van der Waals surface area contributed by atoms with Crippen molar-refractivity contribution in [2.24, 2.45) is 0 Å². The molecular formula is C28H34O5. The van der Waals surface area contributed by atoms with E-state index >= 15 is 0 Å². The maximum Gasteiger partial charge on any atom is 0.189 e. The van der Waals surface area contributed by atoms with Gasteiger partial charge in [0.2, 0.25) is 0 Å². The highest BCUT2D eigenvalue weighted by atomic mass is 16.7. The molecule has 0 aliphatic heterocycles. The number of benzene rings is 2. The van der Waals surface area contributed by atoms with E-state index in [9.17, 15) is 4.79 Å². The molecule has 0 atom stereocenters. The molecule has 5 nitrogen and oxygen atoms in total. The van der Waals surface area contributed by atoms with Crippen LogP contribution in [0.4, 0.5) is 0 Å². The molecule has 2 rings (SSSR count). The Balaban J connectivity index is 2.07. The van der Waals surface area contributed by atoms with Crippen molar-refractivity contribution < 1.29 is 23.7 Å². The molecule has 0 bridgehead atoms. The minimum absolute atomic E-state index is 0.142. The molecule has 5 heteroatoms. The summed E-state index contributed by atoms with van der Waals surface area (Å²) in [6.07, 6.45) is 9.58. The molecular weight excluding hydrogens is 416 g/mol. The second kappa shape index (κ2) is 14.0. The number of ketones is 1. The molecule has 0 heterocycles. The highest BCUT2D eigenvalue weighted by Crippen LogP contribution is 2.26. The standard InChI is InChI=1S/C28H34O5/c1-21(2)7-6-8-22(3)17-18-32-28-19-25(31-5)14-15-26(28)27(29)16-11-23-9-12-24(13-10-23)33-20-30-4/h7,9-17,19H,6,8,18,20H2,1-5H3/b16-11+,22-17+. The van der Waals surface area contributed by atoms with E-state index in [1.165, 1.54) is 11.1 Å². The third kappa shape index (κ3) is 9.38. The highest BCUT2D eigenvalue weighted by Gasteiger charge is 2.12. The predicted octanol–water partition coefficient (Wildman–Crippen LogP) is 6.65. The van der Waals surface area contributed by atoms with Crippen molar-refractivity contribution in [2.45, 2.75) is 33.6 Å². The summed E-state index contributed by atoms with van der Waals surface area (Å²) in [6, 6.07) is 12.7. The molecule has 2 aromatic carbocycles. The van der Waals surface area contributed by atoms with Gasteiger partial charge in [-0.05, 0) is 75.6 Å². The number of methoxy groups -OCH3 is 2. The molecule has 0 saturated heterocycles. The lowest BCUT2D eigenvalue weighted by Gasteiger charge is -2.11. The van der Waals surface area contributed by atoms with Crippen LogP contribution in [-0.2, 0) is 4.74 Å². The van der Waals surface area contributed by atoms with E-state index in [4.69, 9.17) is 18.9 Å². The Morgan fingerprint density at radius 1 is 0.909 bits per heavy atom. The minimum atomic E-state index is -0.142. The number of rotatable bonds is 13. The normalized spacial score (nSPS) is 11.4. The van der Waals surface area contributed by atoms with E-state index in [1.807, 2.05) is 24.3 Å². The van der Waals surface area contributed by atoms with Crippen molar-refractivity contribution in [3.05, 3.63) is 83.0 Å². The van der Waals surface area contributed by atoms with E-state index in [0.29, 0.717) is 29.4 Å². The zero-order valence-electron chi connectivity index (χ0n) is 20.2. The summed E-state index contributed by atoms with van der Waals surface area (Å²) in [5.41, 5.74) is 3.95. The topological polar surface area (TPSA) is 54.0 Å². The summed E-state index contributed by atoms with van der Waals surface area (Å²) in [6.45, 7) is 6.88. The Hall–Kier alpha value is -3.31. The molecule has 0 amide bonds. The molecule has 176 valence electrons. The summed E-state index contributed by atoms with van der Waals surface area (Å²) in [4.78, 5) is 12.9. The number of carbonyl (C=O) groups is 1. The first-order valence-electron chi connectivity index (χ1n) is 11.0. The van der Waals surface area contributed by atoms with E-state index in [0.717, 1.165) is 18.4 Å². The molecule has 0 radical (unpaired) electrons. The lowest BCUT2D eigenvalue weighted by molar-refractivity contribution is 0.0511. The first-order valence-corrected chi connectivity index (χ1v) is 11.0. The van der Waals surface area contributed by atoms with E-state index in [1.54, 1.807) is 44.6 Å². The van der Waals surface area contributed by atoms with Gasteiger partial charge in [0.1, 0.15) is 23.9 Å². The van der Waals surface area contributed by atoms with Crippen LogP contribution in [-0.4, -0.2) is 33.4 Å². The molecule has 0 saturated carbocycles. The van der Waals surface area contributed by atoms with Crippen LogP contribution < -0.4 is 14.2 Å². The molecule has 0 aliphatic carbocycles. The van der Waals surface area contributed by atoms with Gasteiger partial charge < -0.3 is 18.9 Å². The van der Waals surface area contributed by atoms with Crippen LogP contribution in [0.5, 0.6) is 17.2 Å². The molecule has 0 N–H and O–H groups in total. The lowest BCUT2D eigenvalue weighted by Crippen LogP contribution is -2.03. The summed E-state index contributed by atoms with van der Waals surface area (Å²) >= 11 is 0. The van der Waals surface area contributed by atoms with Crippen molar-refractivity contribution >= 4 is 11.9 Å². The average Bonchev–Trinajstić information content (AvgIpc) is 2.81. The van der Waals surface area contributed by atoms with Crippen LogP contribution in [0.2, 0.25) is 0 Å². The first-order chi connectivity index (χ1) is 15.9. The van der Waals surface area contributed by atoms with Crippen LogP contribution in [0.3, 0.4) is 0 Å². The minimum Gasteiger partial charge on any atom is -0.497 e. The maximum absolute atomic E-state index is 12.9. The van der Waals surface area contributed by atoms with Gasteiger partial charge in [0.15, 0.2) is 12.6 Å². The second-order valence-electron chi connectivity index (χ2n) is 7.86. The molecule has 33 heavy (non-hydrogen) atoms. The zero-order valence-corrected chi connectivity index (χ0v) is 20.2. The largest absolute Gasteiger partial charge is 0.497 e. The second-order valence-corrected chi connectivity index (χ2v) is 7.86. The average molecular weight is 451 g/mol. The summed E-state index contributed by atoms with van der Waals surface area (Å²) < 4.78 is 21.5. The third-order valence-electron chi connectivity index (χ3n) is 4.87. The van der Waals surface area contributed by atoms with E-state index < -0.39 is 0 Å². The SMILES string of the molecule is COCOc1ccc(/C=C/C(=O)c2ccc(OC)cc2OC/C=C(\C)CCC=C(C)C)cc1. The van der Waals surface area contributed by atoms with E-state index in [2.05, 4.69) is 32.9 Å². The molecule has 0 aliphatic rings. The van der Waals surface area contributed by atoms with Crippen LogP contribution in [0.25, 0.3) is 6.08 Å². The Morgan fingerprint density at radius 3 is 2.30 bits per heavy atom. The van der Waals surface area contributed by atoms with Crippen LogP contribution in [0, 0.1) is 0 Å². The Labute approximate surface area is 197 Å². The van der Waals surface area contributed by atoms with Gasteiger partial charge in [-0.15, -0.1) is 0 Å². The summed E-state index contributed by atoms with van der Waals surface area (Å²) in [5, 5.41) is 0. The van der Waals surface area contributed by atoms with Gasteiger partial charge in [-0.1, -0.05) is 35.4 Å². The Bertz CT molecular complexity index is 980. The van der Waals surface area contributed by atoms with Crippen LogP contribution in [0.1, 0.15) is 49.5 Å². The molecule has 0 fully saturated rings. The number of hydrogen-bond donors (Lipinski definition) is 0. The molecule has 0 aromatic heterocycles. The van der Waals surface area contributed by atoms with Gasteiger partial charge in [0.25, 0.3) is 0 Å². The van der Waals surface area contributed by atoms with Crippen molar-refractivity contribution in [1.29, 1.82) is 0 Å². The molecule has 0 spiro atoms. The molecule has 2 aromatic rings. The van der Waals surface area contributed by atoms with Gasteiger partial charge >= 0.3 is 0 Å². The lowest BCUT2D eigenvalue weighted by atomic mass is 10.1. The van der Waals surface area contributed by atoms with Crippen molar-refractivity contribution in [1.82, 2.24) is 0 Å². The van der Waals surface area contributed by atoms with Crippen molar-refractivity contribution in [2.75, 3.05) is 27.6 Å². The maximum atomic E-state index is 12.9. The summed E-state index contributed by atoms with van der Waals surface area (Å²) in [5.74, 6) is 1.70. The molecule has 0 unspecified atom stereocenters. The summed E-state index contributed by atoms with van der Waals surface area (Å²) in [7, 11) is 3.16. The monoisotopic (exact) mass is 450 g/mol. The van der Waals surface area contributed by atoms with E-state index in [-0.39, 0.29) is 12.6 Å².